The van der Waals surface area contributed by atoms with Crippen LogP contribution in [0.2, 0.25) is 0 Å². The van der Waals surface area contributed by atoms with Crippen LogP contribution >= 0.6 is 0 Å². The Balaban J connectivity index is 2.14. The molecule has 0 aliphatic heterocycles. The highest BCUT2D eigenvalue weighted by Gasteiger charge is 2.28. The van der Waals surface area contributed by atoms with Gasteiger partial charge in [-0.05, 0) is 42.8 Å². The van der Waals surface area contributed by atoms with Gasteiger partial charge in [0.1, 0.15) is 6.04 Å². The van der Waals surface area contributed by atoms with Gasteiger partial charge >= 0.3 is 0 Å². The number of benzene rings is 2. The summed E-state index contributed by atoms with van der Waals surface area (Å²) in [5.41, 5.74) is 3.29. The minimum Gasteiger partial charge on any atom is -0.504 e. The Morgan fingerprint density at radius 3 is 2.52 bits per heavy atom. The van der Waals surface area contributed by atoms with Crippen LogP contribution in [0.15, 0.2) is 53.6 Å². The predicted octanol–water partition coefficient (Wildman–Crippen LogP) is 1.71. The van der Waals surface area contributed by atoms with Crippen LogP contribution in [0.4, 0.5) is 5.69 Å². The summed E-state index contributed by atoms with van der Waals surface area (Å²) in [6.45, 7) is 1.47. The van der Waals surface area contributed by atoms with Crippen LogP contribution in [0.3, 0.4) is 0 Å². The lowest BCUT2D eigenvalue weighted by molar-refractivity contribution is -0.121. The van der Waals surface area contributed by atoms with Gasteiger partial charge in [0.2, 0.25) is 10.0 Å². The number of nitrogens with zero attached hydrogens (tertiary/aromatic N) is 2. The lowest BCUT2D eigenvalue weighted by Crippen LogP contribution is -2.46. The molecule has 1 atom stereocenters. The van der Waals surface area contributed by atoms with Gasteiger partial charge in [0.05, 0.1) is 25.3 Å². The molecule has 0 bridgehead atoms. The summed E-state index contributed by atoms with van der Waals surface area (Å²) in [7, 11) is -2.26. The molecular weight excluding hydrogens is 370 g/mol. The van der Waals surface area contributed by atoms with Gasteiger partial charge in [-0.25, -0.2) is 13.8 Å². The molecule has 0 aliphatic carbocycles. The van der Waals surface area contributed by atoms with Gasteiger partial charge in [-0.2, -0.15) is 5.10 Å². The van der Waals surface area contributed by atoms with E-state index in [0.29, 0.717) is 11.3 Å². The largest absolute Gasteiger partial charge is 0.504 e. The fourth-order valence-electron chi connectivity index (χ4n) is 2.42. The number of carbonyl (C=O) groups is 1. The van der Waals surface area contributed by atoms with E-state index in [4.69, 9.17) is 4.74 Å². The second-order valence-electron chi connectivity index (χ2n) is 5.74. The van der Waals surface area contributed by atoms with Crippen LogP contribution in [-0.2, 0) is 14.8 Å². The Hall–Kier alpha value is -3.07. The Labute approximate surface area is 158 Å². The average Bonchev–Trinajstić information content (AvgIpc) is 2.62. The number of carbonyl (C=O) groups excluding carboxylic acids is 1. The van der Waals surface area contributed by atoms with E-state index in [1.807, 2.05) is 0 Å². The summed E-state index contributed by atoms with van der Waals surface area (Å²) in [5, 5.41) is 13.4. The summed E-state index contributed by atoms with van der Waals surface area (Å²) in [6.07, 6.45) is 2.40. The molecule has 9 heteroatoms. The van der Waals surface area contributed by atoms with Gasteiger partial charge in [-0.1, -0.05) is 18.2 Å². The molecule has 0 radical (unpaired) electrons. The maximum Gasteiger partial charge on any atom is 0.263 e. The van der Waals surface area contributed by atoms with Crippen molar-refractivity contribution in [2.24, 2.45) is 5.10 Å². The fraction of sp³-hybridized carbons (Fsp3) is 0.222. The maximum atomic E-state index is 12.4. The molecule has 1 amide bonds. The Kier molecular flexibility index (Phi) is 6.40. The third-order valence-electron chi connectivity index (χ3n) is 3.69. The second kappa shape index (κ2) is 8.54. The molecule has 2 aromatic carbocycles. The van der Waals surface area contributed by atoms with Crippen LogP contribution in [0, 0.1) is 0 Å². The molecule has 0 saturated carbocycles. The van der Waals surface area contributed by atoms with E-state index in [1.54, 1.807) is 42.5 Å². The molecular formula is C18H21N3O5S. The molecule has 0 aromatic heterocycles. The first-order valence-corrected chi connectivity index (χ1v) is 9.83. The monoisotopic (exact) mass is 391 g/mol. The molecule has 0 unspecified atom stereocenters. The summed E-state index contributed by atoms with van der Waals surface area (Å²) >= 11 is 0. The number of amides is 1. The van der Waals surface area contributed by atoms with Crippen molar-refractivity contribution in [1.82, 2.24) is 5.43 Å². The van der Waals surface area contributed by atoms with E-state index in [-0.39, 0.29) is 11.5 Å². The molecule has 2 N–H and O–H groups in total. The van der Waals surface area contributed by atoms with Crippen molar-refractivity contribution in [2.45, 2.75) is 13.0 Å². The first-order chi connectivity index (χ1) is 12.7. The van der Waals surface area contributed by atoms with Gasteiger partial charge in [0.25, 0.3) is 5.91 Å². The average molecular weight is 391 g/mol. The normalized spacial score (nSPS) is 12.6. The van der Waals surface area contributed by atoms with Crippen LogP contribution in [0.5, 0.6) is 11.5 Å². The highest BCUT2D eigenvalue weighted by molar-refractivity contribution is 7.92. The number of hydrogen-bond donors (Lipinski definition) is 2. The van der Waals surface area contributed by atoms with E-state index in [1.165, 1.54) is 26.3 Å². The minimum atomic E-state index is -3.68. The lowest BCUT2D eigenvalue weighted by Gasteiger charge is -2.27. The summed E-state index contributed by atoms with van der Waals surface area (Å²) < 4.78 is 30.3. The van der Waals surface area contributed by atoms with E-state index in [9.17, 15) is 18.3 Å². The van der Waals surface area contributed by atoms with Crippen molar-refractivity contribution in [1.29, 1.82) is 0 Å². The molecule has 0 fully saturated rings. The number of phenolic OH excluding ortho intramolecular Hbond substituents is 1. The third-order valence-corrected chi connectivity index (χ3v) is 4.93. The van der Waals surface area contributed by atoms with E-state index in [2.05, 4.69) is 10.5 Å². The predicted molar refractivity (Wildman–Crippen MR) is 104 cm³/mol. The van der Waals surface area contributed by atoms with Crippen molar-refractivity contribution >= 4 is 27.8 Å². The number of phenols is 1. The third kappa shape index (κ3) is 5.20. The first kappa shape index (κ1) is 20.2. The smallest absolute Gasteiger partial charge is 0.263 e. The number of hydrogen-bond acceptors (Lipinski definition) is 6. The van der Waals surface area contributed by atoms with Gasteiger partial charge < -0.3 is 9.84 Å². The van der Waals surface area contributed by atoms with Crippen LogP contribution in [0.25, 0.3) is 0 Å². The van der Waals surface area contributed by atoms with Gasteiger partial charge in [-0.3, -0.25) is 9.10 Å². The lowest BCUT2D eigenvalue weighted by atomic mass is 10.2. The van der Waals surface area contributed by atoms with Crippen molar-refractivity contribution in [3.63, 3.8) is 0 Å². The van der Waals surface area contributed by atoms with E-state index in [0.717, 1.165) is 10.6 Å². The number of hydrazone groups is 1. The van der Waals surface area contributed by atoms with E-state index < -0.39 is 22.0 Å². The van der Waals surface area contributed by atoms with Crippen molar-refractivity contribution in [2.75, 3.05) is 17.7 Å². The number of ether oxygens (including phenoxy) is 1. The number of rotatable bonds is 7. The standard InChI is InChI=1S/C18H21N3O5S/c1-13(21(27(3,24)25)15-7-5-4-6-8-15)18(23)20-19-12-14-9-10-16(22)17(11-14)26-2/h4-13,22H,1-3H3,(H,20,23)/b19-12-/t13-/m0/s1. The van der Waals surface area contributed by atoms with Gasteiger partial charge in [0, 0.05) is 0 Å². The van der Waals surface area contributed by atoms with Crippen LogP contribution in [-0.4, -0.2) is 45.1 Å². The van der Waals surface area contributed by atoms with Gasteiger partial charge in [0.15, 0.2) is 11.5 Å². The molecule has 2 aromatic rings. The number of methoxy groups -OCH3 is 1. The molecule has 0 spiro atoms. The van der Waals surface area contributed by atoms with Crippen molar-refractivity contribution < 1.29 is 23.1 Å². The van der Waals surface area contributed by atoms with E-state index >= 15 is 0 Å². The van der Waals surface area contributed by atoms with Crippen LogP contribution < -0.4 is 14.5 Å². The zero-order chi connectivity index (χ0) is 20.0. The Morgan fingerprint density at radius 2 is 1.93 bits per heavy atom. The maximum absolute atomic E-state index is 12.4. The molecule has 0 saturated heterocycles. The van der Waals surface area contributed by atoms with Crippen LogP contribution in [0.1, 0.15) is 12.5 Å². The molecule has 144 valence electrons. The zero-order valence-corrected chi connectivity index (χ0v) is 16.0. The van der Waals surface area contributed by atoms with Crippen molar-refractivity contribution in [3.8, 4) is 11.5 Å². The second-order valence-corrected chi connectivity index (χ2v) is 7.60. The highest BCUT2D eigenvalue weighted by Crippen LogP contribution is 2.25. The molecule has 27 heavy (non-hydrogen) atoms. The minimum absolute atomic E-state index is 0.0148. The molecule has 0 heterocycles. The molecule has 2 rings (SSSR count). The number of para-hydroxylation sites is 1. The quantitative estimate of drug-likeness (QED) is 0.552. The molecule has 8 nitrogen and oxygen atoms in total. The Morgan fingerprint density at radius 1 is 1.26 bits per heavy atom. The molecule has 0 aliphatic rings. The van der Waals surface area contributed by atoms with Gasteiger partial charge in [-0.15, -0.1) is 0 Å². The number of anilines is 1. The number of aromatic hydroxyl groups is 1. The fourth-order valence-corrected chi connectivity index (χ4v) is 3.60. The summed E-state index contributed by atoms with van der Waals surface area (Å²) in [4.78, 5) is 12.4. The first-order valence-electron chi connectivity index (χ1n) is 7.98. The Bertz CT molecular complexity index is 929. The van der Waals surface area contributed by atoms with Crippen molar-refractivity contribution in [3.05, 3.63) is 54.1 Å². The number of nitrogens with one attached hydrogen (secondary N) is 1. The zero-order valence-electron chi connectivity index (χ0n) is 15.2. The topological polar surface area (TPSA) is 108 Å². The summed E-state index contributed by atoms with van der Waals surface area (Å²) in [5.74, 6) is -0.337. The SMILES string of the molecule is COc1cc(/C=N\NC(=O)[C@H](C)N(c2ccccc2)S(C)(=O)=O)ccc1O. The number of sulfonamides is 1. The highest BCUT2D eigenvalue weighted by atomic mass is 32.2. The summed E-state index contributed by atoms with van der Waals surface area (Å²) in [6, 6.07) is 11.9.